The second kappa shape index (κ2) is 15.3. The van der Waals surface area contributed by atoms with Gasteiger partial charge in [-0.2, -0.15) is 30.0 Å². The fraction of sp³-hybridized carbons (Fsp3) is 0.0455. The van der Waals surface area contributed by atoms with Crippen molar-refractivity contribution in [2.24, 2.45) is 0 Å². The van der Waals surface area contributed by atoms with Crippen LogP contribution in [0, 0.1) is 11.6 Å². The highest BCUT2D eigenvalue weighted by Gasteiger charge is 2.58. The summed E-state index contributed by atoms with van der Waals surface area (Å²) in [5, 5.41) is 0. The highest BCUT2D eigenvalue weighted by atomic mass is 32.2. The molecule has 0 atom stereocenters. The van der Waals surface area contributed by atoms with Gasteiger partial charge in [-0.15, -0.1) is 0 Å². The van der Waals surface area contributed by atoms with Crippen molar-refractivity contribution in [1.29, 1.82) is 0 Å². The molecule has 0 radical (unpaired) electrons. The molecule has 0 saturated heterocycles. The predicted octanol–water partition coefficient (Wildman–Crippen LogP) is 10.7. The molecule has 6 nitrogen and oxygen atoms in total. The van der Waals surface area contributed by atoms with Crippen molar-refractivity contribution in [2.45, 2.75) is 21.4 Å². The van der Waals surface area contributed by atoms with Gasteiger partial charge in [0.25, 0.3) is 0 Å². The van der Waals surface area contributed by atoms with E-state index in [1.807, 2.05) is 0 Å². The number of rotatable bonds is 11. The van der Waals surface area contributed by atoms with Crippen LogP contribution in [0.5, 0.6) is 11.5 Å². The van der Waals surface area contributed by atoms with Gasteiger partial charge in [-0.1, -0.05) is 103 Å². The summed E-state index contributed by atoms with van der Waals surface area (Å²) in [5.41, 5.74) is -3.20. The molecule has 0 bridgehead atoms. The molecule has 7 aromatic rings. The van der Waals surface area contributed by atoms with Crippen LogP contribution in [0.15, 0.2) is 186 Å². The largest absolute Gasteiger partial charge is 0.406 e. The number of hydrogen-bond donors (Lipinski definition) is 0. The van der Waals surface area contributed by atoms with Crippen molar-refractivity contribution in [2.75, 3.05) is 0 Å². The maximum atomic E-state index is 16.4. The lowest BCUT2D eigenvalue weighted by molar-refractivity contribution is -0.166. The second-order valence-corrected chi connectivity index (χ2v) is 15.8. The molecular weight excluding hydrogens is 784 g/mol. The van der Waals surface area contributed by atoms with Crippen molar-refractivity contribution >= 4 is 20.2 Å². The molecule has 7 aromatic carbocycles. The Bertz CT molecular complexity index is 2580. The lowest BCUT2D eigenvalue weighted by atomic mass is 9.68. The number of benzene rings is 7. The SMILES string of the molecule is O=S(=O)(Oc1ccc(C(c2ccccc2)(c2ccc(OS(=O)(=O)c3ccc(F)cc3)c(-c3ccccc3)c2)C(F)(F)F)cc1-c1ccccc1)c1ccc(F)cc1. The summed E-state index contributed by atoms with van der Waals surface area (Å²) in [7, 11) is -9.18. The molecule has 0 amide bonds. The van der Waals surface area contributed by atoms with Gasteiger partial charge in [0.15, 0.2) is 11.5 Å². The zero-order valence-corrected chi connectivity index (χ0v) is 31.0. The molecule has 0 aromatic heterocycles. The lowest BCUT2D eigenvalue weighted by Crippen LogP contribution is -2.44. The van der Waals surface area contributed by atoms with Gasteiger partial charge in [-0.3, -0.25) is 0 Å². The van der Waals surface area contributed by atoms with E-state index in [9.17, 15) is 25.6 Å². The first kappa shape index (κ1) is 38.9. The van der Waals surface area contributed by atoms with Crippen LogP contribution in [0.2, 0.25) is 0 Å². The topological polar surface area (TPSA) is 86.7 Å². The van der Waals surface area contributed by atoms with Gasteiger partial charge in [0.1, 0.15) is 26.8 Å². The maximum Gasteiger partial charge on any atom is 0.406 e. The summed E-state index contributed by atoms with van der Waals surface area (Å²) in [6, 6.07) is 37.9. The summed E-state index contributed by atoms with van der Waals surface area (Å²) in [4.78, 5) is -0.754. The van der Waals surface area contributed by atoms with E-state index in [-0.39, 0.29) is 49.1 Å². The Hall–Kier alpha value is -6.31. The number of alkyl halides is 3. The van der Waals surface area contributed by atoms with Crippen LogP contribution in [-0.2, 0) is 25.7 Å². The first-order valence-corrected chi connectivity index (χ1v) is 19.9. The third-order valence-electron chi connectivity index (χ3n) is 9.23. The third kappa shape index (κ3) is 7.76. The minimum absolute atomic E-state index is 0.00281. The molecular formula is C44H29F5O6S2. The van der Waals surface area contributed by atoms with Crippen LogP contribution in [-0.4, -0.2) is 23.0 Å². The summed E-state index contributed by atoms with van der Waals surface area (Å²) in [6.07, 6.45) is -5.10. The molecule has 7 rings (SSSR count). The Morgan fingerprint density at radius 2 is 0.754 bits per heavy atom. The molecule has 0 aliphatic carbocycles. The second-order valence-electron chi connectivity index (χ2n) is 12.8. The average Bonchev–Trinajstić information content (AvgIpc) is 3.20. The molecule has 288 valence electrons. The van der Waals surface area contributed by atoms with Crippen molar-refractivity contribution in [3.05, 3.63) is 204 Å². The van der Waals surface area contributed by atoms with E-state index in [0.29, 0.717) is 11.1 Å². The van der Waals surface area contributed by atoms with Crippen molar-refractivity contribution in [3.63, 3.8) is 0 Å². The minimum Gasteiger partial charge on any atom is -0.378 e. The Morgan fingerprint density at radius 3 is 1.11 bits per heavy atom. The molecule has 0 fully saturated rings. The van der Waals surface area contributed by atoms with Gasteiger partial charge in [-0.05, 0) is 101 Å². The first-order chi connectivity index (χ1) is 27.2. The minimum atomic E-state index is -5.10. The van der Waals surface area contributed by atoms with Crippen LogP contribution in [0.3, 0.4) is 0 Å². The molecule has 57 heavy (non-hydrogen) atoms. The standard InChI is InChI=1S/C44H29F5O6S2/c45-35-18-22-37(23-19-35)56(50,51)54-41-26-16-33(28-39(41)30-10-4-1-5-11-30)43(44(47,48)49,32-14-8-3-9-15-32)34-17-27-42(40(29-34)31-12-6-2-7-13-31)55-57(52,53)38-24-20-36(46)21-25-38/h1-29H. The molecule has 13 heteroatoms. The maximum absolute atomic E-state index is 16.4. The highest BCUT2D eigenvalue weighted by molar-refractivity contribution is 7.87. The quantitative estimate of drug-likeness (QED) is 0.0735. The van der Waals surface area contributed by atoms with E-state index in [4.69, 9.17) is 8.37 Å². The van der Waals surface area contributed by atoms with Gasteiger partial charge >= 0.3 is 26.4 Å². The van der Waals surface area contributed by atoms with Gasteiger partial charge in [0.2, 0.25) is 0 Å². The normalized spacial score (nSPS) is 12.2. The fourth-order valence-corrected chi connectivity index (χ4v) is 8.47. The summed E-state index contributed by atoms with van der Waals surface area (Å²) in [6.45, 7) is 0. The zero-order chi connectivity index (χ0) is 40.4. The Balaban J connectivity index is 1.47. The van der Waals surface area contributed by atoms with Gasteiger partial charge < -0.3 is 8.37 Å². The van der Waals surface area contributed by atoms with E-state index in [0.717, 1.165) is 72.8 Å². The molecule has 0 spiro atoms. The van der Waals surface area contributed by atoms with Crippen LogP contribution < -0.4 is 8.37 Å². The van der Waals surface area contributed by atoms with Crippen LogP contribution in [0.1, 0.15) is 16.7 Å². The Labute approximate surface area is 325 Å². The predicted molar refractivity (Wildman–Crippen MR) is 205 cm³/mol. The van der Waals surface area contributed by atoms with Gasteiger partial charge in [0, 0.05) is 11.1 Å². The van der Waals surface area contributed by atoms with E-state index < -0.39 is 43.5 Å². The fourth-order valence-electron chi connectivity index (χ4n) is 6.57. The average molecular weight is 813 g/mol. The van der Waals surface area contributed by atoms with E-state index in [1.165, 1.54) is 36.4 Å². The van der Waals surface area contributed by atoms with E-state index in [2.05, 4.69) is 0 Å². The third-order valence-corrected chi connectivity index (χ3v) is 11.7. The Morgan fingerprint density at radius 1 is 0.404 bits per heavy atom. The molecule has 0 heterocycles. The highest BCUT2D eigenvalue weighted by Crippen LogP contribution is 2.54. The monoisotopic (exact) mass is 812 g/mol. The van der Waals surface area contributed by atoms with Crippen molar-refractivity contribution in [1.82, 2.24) is 0 Å². The van der Waals surface area contributed by atoms with E-state index >= 15 is 13.2 Å². The molecule has 0 aliphatic rings. The smallest absolute Gasteiger partial charge is 0.378 e. The molecule has 0 saturated carbocycles. The molecule has 0 unspecified atom stereocenters. The summed E-state index contributed by atoms with van der Waals surface area (Å²) < 4.78 is 141. The van der Waals surface area contributed by atoms with Gasteiger partial charge in [0.05, 0.1) is 0 Å². The first-order valence-electron chi connectivity index (χ1n) is 17.1. The lowest BCUT2D eigenvalue weighted by Gasteiger charge is -2.38. The van der Waals surface area contributed by atoms with E-state index in [1.54, 1.807) is 66.7 Å². The summed E-state index contributed by atoms with van der Waals surface area (Å²) >= 11 is 0. The van der Waals surface area contributed by atoms with Gasteiger partial charge in [-0.25, -0.2) is 8.78 Å². The van der Waals surface area contributed by atoms with Crippen molar-refractivity contribution < 1.29 is 47.2 Å². The van der Waals surface area contributed by atoms with Crippen molar-refractivity contribution in [3.8, 4) is 33.8 Å². The van der Waals surface area contributed by atoms with Crippen LogP contribution in [0.25, 0.3) is 22.3 Å². The zero-order valence-electron chi connectivity index (χ0n) is 29.4. The molecule has 0 N–H and O–H groups in total. The number of halogens is 5. The summed E-state index contributed by atoms with van der Waals surface area (Å²) in [5.74, 6) is -1.95. The van der Waals surface area contributed by atoms with Crippen LogP contribution in [0.4, 0.5) is 22.0 Å². The molecule has 0 aliphatic heterocycles. The Kier molecular flexibility index (Phi) is 10.5. The van der Waals surface area contributed by atoms with Crippen LogP contribution >= 0.6 is 0 Å². The number of hydrogen-bond acceptors (Lipinski definition) is 6.